The Hall–Kier alpha value is -0.590. The van der Waals surface area contributed by atoms with Crippen LogP contribution in [0.15, 0.2) is 6.08 Å². The Morgan fingerprint density at radius 1 is 1.36 bits per heavy atom. The monoisotopic (exact) mass is 155 g/mol. The molecule has 0 heterocycles. The lowest BCUT2D eigenvalue weighted by Gasteiger charge is -2.16. The van der Waals surface area contributed by atoms with E-state index in [1.807, 2.05) is 0 Å². The predicted molar refractivity (Wildman–Crippen MR) is 47.3 cm³/mol. The minimum atomic E-state index is 0.861. The fourth-order valence-corrected chi connectivity index (χ4v) is 1.02. The zero-order chi connectivity index (χ0) is 8.53. The Morgan fingerprint density at radius 2 is 2.00 bits per heavy atom. The van der Waals surface area contributed by atoms with Crippen molar-refractivity contribution in [3.63, 3.8) is 0 Å². The lowest BCUT2D eigenvalue weighted by molar-refractivity contribution is 0.301. The minimum Gasteiger partial charge on any atom is -0.304 e. The van der Waals surface area contributed by atoms with Crippen LogP contribution >= 0.6 is 0 Å². The Labute approximate surface area is 68.9 Å². The normalized spacial score (nSPS) is 9.73. The van der Waals surface area contributed by atoms with Gasteiger partial charge in [0.2, 0.25) is 0 Å². The third kappa shape index (κ3) is 5.84. The maximum atomic E-state index is 9.79. The van der Waals surface area contributed by atoms with E-state index in [1.165, 1.54) is 0 Å². The highest BCUT2D eigenvalue weighted by molar-refractivity contribution is 5.44. The van der Waals surface area contributed by atoms with Crippen molar-refractivity contribution in [2.24, 2.45) is 0 Å². The van der Waals surface area contributed by atoms with Gasteiger partial charge in [-0.25, -0.2) is 4.79 Å². The van der Waals surface area contributed by atoms with Crippen molar-refractivity contribution in [2.75, 3.05) is 19.6 Å². The molecule has 0 spiro atoms. The zero-order valence-electron chi connectivity index (χ0n) is 7.47. The average Bonchev–Trinajstić information content (AvgIpc) is 2.05. The first-order valence-corrected chi connectivity index (χ1v) is 4.26. The predicted octanol–water partition coefficient (Wildman–Crippen LogP) is 1.50. The van der Waals surface area contributed by atoms with Gasteiger partial charge in [0, 0.05) is 0 Å². The molecule has 64 valence electrons. The molecule has 0 aromatic carbocycles. The maximum Gasteiger partial charge on any atom is 0.120 e. The summed E-state index contributed by atoms with van der Waals surface area (Å²) >= 11 is 0. The molecule has 2 heteroatoms. The molecule has 0 N–H and O–H groups in total. The van der Waals surface area contributed by atoms with Crippen LogP contribution in [-0.4, -0.2) is 30.5 Å². The molecule has 0 aliphatic carbocycles. The molecule has 0 saturated carbocycles. The second-order valence-electron chi connectivity index (χ2n) is 2.49. The van der Waals surface area contributed by atoms with E-state index < -0.39 is 0 Å². The SMILES string of the molecule is CCN(CC)CCCC=C=O. The van der Waals surface area contributed by atoms with Crippen molar-refractivity contribution in [1.29, 1.82) is 0 Å². The minimum absolute atomic E-state index is 0.861. The molecule has 11 heavy (non-hydrogen) atoms. The highest BCUT2D eigenvalue weighted by Gasteiger charge is 1.95. The molecule has 0 aromatic heterocycles. The Balaban J connectivity index is 3.27. The lowest BCUT2D eigenvalue weighted by atomic mass is 10.3. The number of carbonyl (C=O) groups excluding carboxylic acids is 1. The molecule has 0 aliphatic heterocycles. The number of hydrogen-bond donors (Lipinski definition) is 0. The molecule has 0 aliphatic rings. The van der Waals surface area contributed by atoms with Crippen LogP contribution in [0.3, 0.4) is 0 Å². The van der Waals surface area contributed by atoms with Crippen molar-refractivity contribution in [3.8, 4) is 0 Å². The highest BCUT2D eigenvalue weighted by atomic mass is 16.1. The molecule has 0 radical (unpaired) electrons. The number of rotatable bonds is 6. The van der Waals surface area contributed by atoms with Crippen LogP contribution in [0.1, 0.15) is 26.7 Å². The van der Waals surface area contributed by atoms with E-state index in [2.05, 4.69) is 18.7 Å². The van der Waals surface area contributed by atoms with Crippen molar-refractivity contribution in [1.82, 2.24) is 4.90 Å². The van der Waals surface area contributed by atoms with E-state index in [-0.39, 0.29) is 0 Å². The zero-order valence-corrected chi connectivity index (χ0v) is 7.47. The summed E-state index contributed by atoms with van der Waals surface area (Å²) in [6, 6.07) is 0. The molecular weight excluding hydrogens is 138 g/mol. The molecule has 0 bridgehead atoms. The standard InChI is InChI=1S/C9H17NO/c1-3-10(4-2)8-6-5-7-9-11/h7H,3-6,8H2,1-2H3. The molecule has 0 fully saturated rings. The number of nitrogens with zero attached hydrogens (tertiary/aromatic N) is 1. The van der Waals surface area contributed by atoms with E-state index in [0.717, 1.165) is 32.5 Å². The molecule has 2 nitrogen and oxygen atoms in total. The summed E-state index contributed by atoms with van der Waals surface area (Å²) in [4.78, 5) is 12.1. The van der Waals surface area contributed by atoms with Crippen LogP contribution < -0.4 is 0 Å². The van der Waals surface area contributed by atoms with Gasteiger partial charge in [-0.05, 0) is 38.6 Å². The summed E-state index contributed by atoms with van der Waals surface area (Å²) in [5.41, 5.74) is 0. The molecular formula is C9H17NO. The first kappa shape index (κ1) is 10.4. The summed E-state index contributed by atoms with van der Waals surface area (Å²) in [5, 5.41) is 0. The van der Waals surface area contributed by atoms with Crippen molar-refractivity contribution >= 4 is 5.94 Å². The van der Waals surface area contributed by atoms with Gasteiger partial charge in [-0.1, -0.05) is 13.8 Å². The average molecular weight is 155 g/mol. The van der Waals surface area contributed by atoms with Gasteiger partial charge in [0.05, 0.1) is 0 Å². The van der Waals surface area contributed by atoms with Gasteiger partial charge >= 0.3 is 0 Å². The topological polar surface area (TPSA) is 20.3 Å². The second kappa shape index (κ2) is 7.52. The Kier molecular flexibility index (Phi) is 7.11. The van der Waals surface area contributed by atoms with Crippen LogP contribution in [-0.2, 0) is 4.79 Å². The van der Waals surface area contributed by atoms with Gasteiger partial charge in [0.25, 0.3) is 0 Å². The van der Waals surface area contributed by atoms with Crippen LogP contribution in [0.2, 0.25) is 0 Å². The first-order chi connectivity index (χ1) is 5.35. The van der Waals surface area contributed by atoms with Gasteiger partial charge in [0.15, 0.2) is 0 Å². The fourth-order valence-electron chi connectivity index (χ4n) is 1.02. The third-order valence-corrected chi connectivity index (χ3v) is 1.80. The maximum absolute atomic E-state index is 9.79. The van der Waals surface area contributed by atoms with Gasteiger partial charge in [-0.2, -0.15) is 0 Å². The quantitative estimate of drug-likeness (QED) is 0.428. The van der Waals surface area contributed by atoms with Crippen molar-refractivity contribution < 1.29 is 4.79 Å². The summed E-state index contributed by atoms with van der Waals surface area (Å²) in [5.74, 6) is 1.78. The van der Waals surface area contributed by atoms with Crippen LogP contribution in [0.5, 0.6) is 0 Å². The highest BCUT2D eigenvalue weighted by Crippen LogP contribution is 1.94. The smallest absolute Gasteiger partial charge is 0.120 e. The van der Waals surface area contributed by atoms with Gasteiger partial charge in [0.1, 0.15) is 5.94 Å². The molecule has 0 aromatic rings. The lowest BCUT2D eigenvalue weighted by Crippen LogP contribution is -2.23. The summed E-state index contributed by atoms with van der Waals surface area (Å²) in [7, 11) is 0. The largest absolute Gasteiger partial charge is 0.304 e. The second-order valence-corrected chi connectivity index (χ2v) is 2.49. The number of unbranched alkanes of at least 4 members (excludes halogenated alkanes) is 1. The third-order valence-electron chi connectivity index (χ3n) is 1.80. The van der Waals surface area contributed by atoms with Gasteiger partial charge < -0.3 is 4.90 Å². The van der Waals surface area contributed by atoms with Crippen molar-refractivity contribution in [3.05, 3.63) is 6.08 Å². The van der Waals surface area contributed by atoms with Crippen LogP contribution in [0.25, 0.3) is 0 Å². The van der Waals surface area contributed by atoms with Crippen LogP contribution in [0.4, 0.5) is 0 Å². The summed E-state index contributed by atoms with van der Waals surface area (Å²) in [6.07, 6.45) is 3.49. The number of allylic oxidation sites excluding steroid dienone is 1. The molecule has 0 unspecified atom stereocenters. The van der Waals surface area contributed by atoms with E-state index in [0.29, 0.717) is 0 Å². The summed E-state index contributed by atoms with van der Waals surface area (Å²) in [6.45, 7) is 7.59. The van der Waals surface area contributed by atoms with E-state index >= 15 is 0 Å². The van der Waals surface area contributed by atoms with E-state index in [4.69, 9.17) is 0 Å². The van der Waals surface area contributed by atoms with Crippen LogP contribution in [0, 0.1) is 0 Å². The summed E-state index contributed by atoms with van der Waals surface area (Å²) < 4.78 is 0. The van der Waals surface area contributed by atoms with E-state index in [9.17, 15) is 4.79 Å². The Morgan fingerprint density at radius 3 is 2.45 bits per heavy atom. The molecule has 0 amide bonds. The first-order valence-electron chi connectivity index (χ1n) is 4.26. The van der Waals surface area contributed by atoms with E-state index in [1.54, 1.807) is 12.0 Å². The fraction of sp³-hybridized carbons (Fsp3) is 0.778. The molecule has 0 atom stereocenters. The molecule has 0 rings (SSSR count). The molecule has 0 saturated heterocycles. The van der Waals surface area contributed by atoms with Gasteiger partial charge in [-0.3, -0.25) is 0 Å². The van der Waals surface area contributed by atoms with Crippen molar-refractivity contribution in [2.45, 2.75) is 26.7 Å². The Bertz CT molecular complexity index is 124. The van der Waals surface area contributed by atoms with Gasteiger partial charge in [-0.15, -0.1) is 0 Å². The number of hydrogen-bond acceptors (Lipinski definition) is 2.